The van der Waals surface area contributed by atoms with E-state index in [9.17, 15) is 0 Å². The lowest BCUT2D eigenvalue weighted by Crippen LogP contribution is -2.50. The van der Waals surface area contributed by atoms with E-state index >= 15 is 0 Å². The fraction of sp³-hybridized carbons (Fsp3) is 1.00. The summed E-state index contributed by atoms with van der Waals surface area (Å²) in [6.45, 7) is 4.40. The highest BCUT2D eigenvalue weighted by Crippen LogP contribution is 2.45. The first kappa shape index (κ1) is 14.8. The minimum atomic E-state index is 0.309. The largest absolute Gasteiger partial charge is 0.375 e. The van der Waals surface area contributed by atoms with Crippen LogP contribution in [0.3, 0.4) is 0 Å². The van der Waals surface area contributed by atoms with E-state index in [1.54, 1.807) is 0 Å². The van der Waals surface area contributed by atoms with Gasteiger partial charge in [0.1, 0.15) is 0 Å². The van der Waals surface area contributed by atoms with Crippen molar-refractivity contribution >= 4 is 0 Å². The number of ether oxygens (including phenoxy) is 1. The molecule has 0 amide bonds. The van der Waals surface area contributed by atoms with Crippen LogP contribution in [-0.4, -0.2) is 24.8 Å². The van der Waals surface area contributed by atoms with E-state index in [-0.39, 0.29) is 0 Å². The second-order valence-electron chi connectivity index (χ2n) is 7.53. The molecule has 2 aliphatic carbocycles. The van der Waals surface area contributed by atoms with Crippen molar-refractivity contribution in [1.82, 2.24) is 5.32 Å². The first-order valence-corrected chi connectivity index (χ1v) is 9.19. The maximum absolute atomic E-state index is 6.11. The van der Waals surface area contributed by atoms with Gasteiger partial charge >= 0.3 is 0 Å². The molecule has 2 heteroatoms. The normalized spacial score (nSPS) is 31.4. The summed E-state index contributed by atoms with van der Waals surface area (Å²) in [5.41, 5.74) is 0.309. The van der Waals surface area contributed by atoms with Gasteiger partial charge in [-0.25, -0.2) is 0 Å². The van der Waals surface area contributed by atoms with Gasteiger partial charge in [0.15, 0.2) is 0 Å². The molecule has 1 aliphatic heterocycles. The Bertz CT molecular complexity index is 294. The third-order valence-electron chi connectivity index (χ3n) is 6.19. The Kier molecular flexibility index (Phi) is 5.04. The number of hydrogen-bond donors (Lipinski definition) is 1. The molecule has 0 bridgehead atoms. The van der Waals surface area contributed by atoms with Crippen LogP contribution in [0, 0.1) is 11.8 Å². The molecule has 3 rings (SSSR count). The van der Waals surface area contributed by atoms with Crippen molar-refractivity contribution in [1.29, 1.82) is 0 Å². The Morgan fingerprint density at radius 1 is 1.15 bits per heavy atom. The standard InChI is InChI=1S/C18H33NO/c1-2-19-17(9-8-15-6-3-4-7-15)16-10-13-20-18(14-16)11-5-12-18/h15-17,19H,2-14H2,1H3. The summed E-state index contributed by atoms with van der Waals surface area (Å²) in [5, 5.41) is 3.81. The van der Waals surface area contributed by atoms with Crippen molar-refractivity contribution in [2.24, 2.45) is 11.8 Å². The van der Waals surface area contributed by atoms with Gasteiger partial charge in [0, 0.05) is 12.6 Å². The molecule has 2 saturated carbocycles. The predicted octanol–water partition coefficient (Wildman–Crippen LogP) is 4.28. The molecule has 1 N–H and O–H groups in total. The van der Waals surface area contributed by atoms with Crippen LogP contribution in [0.2, 0.25) is 0 Å². The zero-order valence-corrected chi connectivity index (χ0v) is 13.3. The summed E-state index contributed by atoms with van der Waals surface area (Å²) in [5.74, 6) is 1.90. The third kappa shape index (κ3) is 3.39. The van der Waals surface area contributed by atoms with Crippen LogP contribution in [0.1, 0.15) is 77.6 Å². The van der Waals surface area contributed by atoms with Crippen molar-refractivity contribution in [3.05, 3.63) is 0 Å². The van der Waals surface area contributed by atoms with E-state index in [1.807, 2.05) is 0 Å². The van der Waals surface area contributed by atoms with Gasteiger partial charge in [-0.05, 0) is 63.3 Å². The van der Waals surface area contributed by atoms with Gasteiger partial charge in [-0.1, -0.05) is 32.6 Å². The molecule has 1 saturated heterocycles. The molecule has 20 heavy (non-hydrogen) atoms. The maximum atomic E-state index is 6.11. The van der Waals surface area contributed by atoms with Gasteiger partial charge in [0.2, 0.25) is 0 Å². The number of rotatable bonds is 6. The molecule has 0 aromatic heterocycles. The van der Waals surface area contributed by atoms with Gasteiger partial charge in [0.05, 0.1) is 5.60 Å². The molecule has 2 atom stereocenters. The zero-order chi connectivity index (χ0) is 13.8. The molecule has 1 heterocycles. The highest BCUT2D eigenvalue weighted by Gasteiger charge is 2.44. The quantitative estimate of drug-likeness (QED) is 0.783. The van der Waals surface area contributed by atoms with Crippen LogP contribution >= 0.6 is 0 Å². The molecule has 3 fully saturated rings. The Balaban J connectivity index is 1.51. The van der Waals surface area contributed by atoms with Crippen molar-refractivity contribution in [3.63, 3.8) is 0 Å². The smallest absolute Gasteiger partial charge is 0.0685 e. The Labute approximate surface area is 125 Å². The summed E-state index contributed by atoms with van der Waals surface area (Å²) >= 11 is 0. The van der Waals surface area contributed by atoms with E-state index in [4.69, 9.17) is 4.74 Å². The summed E-state index contributed by atoms with van der Waals surface area (Å²) < 4.78 is 6.11. The first-order valence-electron chi connectivity index (χ1n) is 9.19. The summed E-state index contributed by atoms with van der Waals surface area (Å²) in [6, 6.07) is 0.752. The van der Waals surface area contributed by atoms with E-state index in [2.05, 4.69) is 12.2 Å². The lowest BCUT2D eigenvalue weighted by Gasteiger charge is -2.49. The predicted molar refractivity (Wildman–Crippen MR) is 83.9 cm³/mol. The first-order chi connectivity index (χ1) is 9.81. The fourth-order valence-corrected chi connectivity index (χ4v) is 4.81. The van der Waals surface area contributed by atoms with E-state index in [1.165, 1.54) is 70.6 Å². The molecular weight excluding hydrogens is 246 g/mol. The average molecular weight is 279 g/mol. The van der Waals surface area contributed by atoms with Crippen LogP contribution in [0.5, 0.6) is 0 Å². The molecule has 1 spiro atoms. The van der Waals surface area contributed by atoms with Crippen LogP contribution in [-0.2, 0) is 4.74 Å². The van der Waals surface area contributed by atoms with E-state index < -0.39 is 0 Å². The monoisotopic (exact) mass is 279 g/mol. The molecule has 116 valence electrons. The lowest BCUT2D eigenvalue weighted by molar-refractivity contribution is -0.147. The summed E-state index contributed by atoms with van der Waals surface area (Å²) in [4.78, 5) is 0. The van der Waals surface area contributed by atoms with Gasteiger partial charge in [0.25, 0.3) is 0 Å². The Morgan fingerprint density at radius 2 is 1.95 bits per heavy atom. The van der Waals surface area contributed by atoms with Crippen molar-refractivity contribution in [2.75, 3.05) is 13.2 Å². The third-order valence-corrected chi connectivity index (χ3v) is 6.19. The average Bonchev–Trinajstić information content (AvgIpc) is 2.95. The van der Waals surface area contributed by atoms with Crippen LogP contribution < -0.4 is 5.32 Å². The lowest BCUT2D eigenvalue weighted by atomic mass is 9.70. The molecule has 2 nitrogen and oxygen atoms in total. The SMILES string of the molecule is CCNC(CCC1CCCC1)C1CCOC2(CCC2)C1. The molecule has 0 aromatic rings. The van der Waals surface area contributed by atoms with Gasteiger partial charge < -0.3 is 10.1 Å². The van der Waals surface area contributed by atoms with Gasteiger partial charge in [-0.15, -0.1) is 0 Å². The number of nitrogens with one attached hydrogen (secondary N) is 1. The van der Waals surface area contributed by atoms with E-state index in [0.29, 0.717) is 5.60 Å². The zero-order valence-electron chi connectivity index (χ0n) is 13.3. The summed E-state index contributed by atoms with van der Waals surface area (Å²) in [6.07, 6.45) is 15.5. The molecule has 0 aromatic carbocycles. The molecule has 3 aliphatic rings. The summed E-state index contributed by atoms with van der Waals surface area (Å²) in [7, 11) is 0. The topological polar surface area (TPSA) is 21.3 Å². The van der Waals surface area contributed by atoms with E-state index in [0.717, 1.165) is 31.0 Å². The van der Waals surface area contributed by atoms with Crippen molar-refractivity contribution in [3.8, 4) is 0 Å². The highest BCUT2D eigenvalue weighted by molar-refractivity contribution is 4.96. The molecule has 2 unspecified atom stereocenters. The molecular formula is C18H33NO. The molecule has 0 radical (unpaired) electrons. The number of hydrogen-bond acceptors (Lipinski definition) is 2. The van der Waals surface area contributed by atoms with Gasteiger partial charge in [-0.3, -0.25) is 0 Å². The minimum absolute atomic E-state index is 0.309. The second-order valence-corrected chi connectivity index (χ2v) is 7.53. The van der Waals surface area contributed by atoms with Crippen LogP contribution in [0.15, 0.2) is 0 Å². The Hall–Kier alpha value is -0.0800. The fourth-order valence-electron chi connectivity index (χ4n) is 4.81. The maximum Gasteiger partial charge on any atom is 0.0685 e. The van der Waals surface area contributed by atoms with Gasteiger partial charge in [-0.2, -0.15) is 0 Å². The second kappa shape index (κ2) is 6.79. The Morgan fingerprint density at radius 3 is 2.60 bits per heavy atom. The van der Waals surface area contributed by atoms with Crippen molar-refractivity contribution in [2.45, 2.75) is 89.2 Å². The minimum Gasteiger partial charge on any atom is -0.375 e. The van der Waals surface area contributed by atoms with Crippen LogP contribution in [0.25, 0.3) is 0 Å². The highest BCUT2D eigenvalue weighted by atomic mass is 16.5. The van der Waals surface area contributed by atoms with Crippen LogP contribution in [0.4, 0.5) is 0 Å². The van der Waals surface area contributed by atoms with Crippen molar-refractivity contribution < 1.29 is 4.74 Å².